The Kier molecular flexibility index (Phi) is 8.12. The quantitative estimate of drug-likeness (QED) is 0.277. The Morgan fingerprint density at radius 3 is 2.59 bits per heavy atom. The fraction of sp³-hybridized carbons (Fsp3) is 0.750. The minimum atomic E-state index is -2.22. The number of hydrogen-bond acceptors (Lipinski definition) is 4. The number of unbranched alkanes of at least 4 members (excludes halogenated alkanes) is 1. The molecule has 0 aliphatic heterocycles. The molecule has 2 unspecified atom stereocenters. The summed E-state index contributed by atoms with van der Waals surface area (Å²) >= 11 is 0. The average Bonchev–Trinajstić information content (AvgIpc) is 2.26. The van der Waals surface area contributed by atoms with E-state index in [1.807, 2.05) is 13.5 Å². The van der Waals surface area contributed by atoms with E-state index in [0.717, 1.165) is 25.0 Å². The SMILES string of the molecule is C=CC(=O)OC(C)O[Si](C)(CCCC)OCC. The lowest BCUT2D eigenvalue weighted by atomic mass is 10.4. The molecule has 0 fully saturated rings. The van der Waals surface area contributed by atoms with Gasteiger partial charge in [0.05, 0.1) is 0 Å². The molecule has 0 heterocycles. The minimum Gasteiger partial charge on any atom is -0.434 e. The van der Waals surface area contributed by atoms with Crippen molar-refractivity contribution in [1.82, 2.24) is 0 Å². The first-order chi connectivity index (χ1) is 7.97. The predicted octanol–water partition coefficient (Wildman–Crippen LogP) is 2.99. The summed E-state index contributed by atoms with van der Waals surface area (Å²) in [5.41, 5.74) is 0. The Morgan fingerprint density at radius 1 is 1.47 bits per heavy atom. The van der Waals surface area contributed by atoms with Gasteiger partial charge in [-0.15, -0.1) is 0 Å². The monoisotopic (exact) mass is 260 g/mol. The van der Waals surface area contributed by atoms with E-state index in [0.29, 0.717) is 6.61 Å². The molecule has 0 aromatic rings. The second-order valence-electron chi connectivity index (χ2n) is 4.00. The van der Waals surface area contributed by atoms with E-state index in [2.05, 4.69) is 13.5 Å². The number of esters is 1. The largest absolute Gasteiger partial charge is 0.434 e. The number of rotatable bonds is 9. The summed E-state index contributed by atoms with van der Waals surface area (Å²) in [4.78, 5) is 11.0. The van der Waals surface area contributed by atoms with Gasteiger partial charge in [0.1, 0.15) is 0 Å². The Hall–Kier alpha value is -0.653. The summed E-state index contributed by atoms with van der Waals surface area (Å²) in [6.07, 6.45) is 2.71. The highest BCUT2D eigenvalue weighted by Gasteiger charge is 2.33. The number of ether oxygens (including phenoxy) is 1. The number of hydrogen-bond donors (Lipinski definition) is 0. The van der Waals surface area contributed by atoms with Crippen LogP contribution in [0.4, 0.5) is 0 Å². The molecule has 5 heteroatoms. The van der Waals surface area contributed by atoms with E-state index in [-0.39, 0.29) is 0 Å². The Labute approximate surface area is 105 Å². The molecule has 0 aromatic carbocycles. The van der Waals surface area contributed by atoms with Crippen LogP contribution >= 0.6 is 0 Å². The molecule has 0 saturated heterocycles. The van der Waals surface area contributed by atoms with Crippen LogP contribution in [0.3, 0.4) is 0 Å². The minimum absolute atomic E-state index is 0.471. The molecule has 0 radical (unpaired) electrons. The lowest BCUT2D eigenvalue weighted by molar-refractivity contribution is -0.157. The molecule has 0 N–H and O–H groups in total. The van der Waals surface area contributed by atoms with Gasteiger partial charge >= 0.3 is 14.5 Å². The van der Waals surface area contributed by atoms with Gasteiger partial charge in [-0.2, -0.15) is 0 Å². The van der Waals surface area contributed by atoms with E-state index in [4.69, 9.17) is 13.6 Å². The molecule has 0 saturated carbocycles. The van der Waals surface area contributed by atoms with Gasteiger partial charge in [-0.05, 0) is 26.4 Å². The van der Waals surface area contributed by atoms with Gasteiger partial charge < -0.3 is 13.6 Å². The summed E-state index contributed by atoms with van der Waals surface area (Å²) in [7, 11) is -2.22. The molecule has 0 spiro atoms. The zero-order valence-electron chi connectivity index (χ0n) is 11.3. The maximum atomic E-state index is 11.0. The predicted molar refractivity (Wildman–Crippen MR) is 69.8 cm³/mol. The smallest absolute Gasteiger partial charge is 0.337 e. The molecule has 0 aliphatic rings. The number of carbonyl (C=O) groups is 1. The highest BCUT2D eigenvalue weighted by Crippen LogP contribution is 2.19. The molecule has 0 amide bonds. The second kappa shape index (κ2) is 8.44. The maximum absolute atomic E-state index is 11.0. The van der Waals surface area contributed by atoms with E-state index in [1.165, 1.54) is 0 Å². The molecule has 0 rings (SSSR count). The van der Waals surface area contributed by atoms with E-state index in [1.54, 1.807) is 6.92 Å². The standard InChI is InChI=1S/C12H24O4Si/c1-6-9-10-17(5,14-8-3)16-11(4)15-12(13)7-2/h7,11H,2,6,8-10H2,1,3-5H3. The number of carbonyl (C=O) groups excluding carboxylic acids is 1. The lowest BCUT2D eigenvalue weighted by Gasteiger charge is -2.29. The van der Waals surface area contributed by atoms with Gasteiger partial charge in [-0.1, -0.05) is 26.3 Å². The highest BCUT2D eigenvalue weighted by molar-refractivity contribution is 6.66. The van der Waals surface area contributed by atoms with Crippen LogP contribution in [0.25, 0.3) is 0 Å². The topological polar surface area (TPSA) is 44.8 Å². The van der Waals surface area contributed by atoms with Crippen molar-refractivity contribution in [1.29, 1.82) is 0 Å². The molecule has 2 atom stereocenters. The fourth-order valence-electron chi connectivity index (χ4n) is 1.56. The van der Waals surface area contributed by atoms with Crippen LogP contribution in [0.1, 0.15) is 33.6 Å². The van der Waals surface area contributed by atoms with E-state index >= 15 is 0 Å². The molecule has 100 valence electrons. The first-order valence-corrected chi connectivity index (χ1v) is 8.64. The third-order valence-electron chi connectivity index (χ3n) is 2.30. The third kappa shape index (κ3) is 7.30. The van der Waals surface area contributed by atoms with Crippen LogP contribution in [0, 0.1) is 0 Å². The maximum Gasteiger partial charge on any atom is 0.337 e. The van der Waals surface area contributed by atoms with Gasteiger partial charge in [0, 0.05) is 12.7 Å². The van der Waals surface area contributed by atoms with Gasteiger partial charge in [0.25, 0.3) is 0 Å². The van der Waals surface area contributed by atoms with Crippen LogP contribution in [0.15, 0.2) is 12.7 Å². The van der Waals surface area contributed by atoms with Gasteiger partial charge in [-0.25, -0.2) is 4.79 Å². The van der Waals surface area contributed by atoms with Crippen molar-refractivity contribution in [2.75, 3.05) is 6.61 Å². The average molecular weight is 260 g/mol. The van der Waals surface area contributed by atoms with Crippen molar-refractivity contribution >= 4 is 14.5 Å². The molecule has 0 bridgehead atoms. The second-order valence-corrected chi connectivity index (χ2v) is 7.29. The summed E-state index contributed by atoms with van der Waals surface area (Å²) in [5, 5.41) is 0. The van der Waals surface area contributed by atoms with Crippen molar-refractivity contribution < 1.29 is 18.4 Å². The van der Waals surface area contributed by atoms with Crippen molar-refractivity contribution in [2.24, 2.45) is 0 Å². The molecule has 4 nitrogen and oxygen atoms in total. The highest BCUT2D eigenvalue weighted by atomic mass is 28.4. The van der Waals surface area contributed by atoms with Crippen molar-refractivity contribution in [3.05, 3.63) is 12.7 Å². The molecular weight excluding hydrogens is 236 g/mol. The van der Waals surface area contributed by atoms with Crippen LogP contribution in [-0.2, 0) is 18.4 Å². The first-order valence-electron chi connectivity index (χ1n) is 6.12. The normalized spacial score (nSPS) is 16.0. The summed E-state index contributed by atoms with van der Waals surface area (Å²) in [6.45, 7) is 11.7. The molecule has 0 aliphatic carbocycles. The zero-order valence-corrected chi connectivity index (χ0v) is 12.3. The third-order valence-corrected chi connectivity index (χ3v) is 5.29. The molecular formula is C12H24O4Si. The molecule has 0 aromatic heterocycles. The molecule has 17 heavy (non-hydrogen) atoms. The summed E-state index contributed by atoms with van der Waals surface area (Å²) < 4.78 is 16.5. The lowest BCUT2D eigenvalue weighted by Crippen LogP contribution is -2.42. The Balaban J connectivity index is 4.30. The van der Waals surface area contributed by atoms with Gasteiger partial charge in [-0.3, -0.25) is 0 Å². The van der Waals surface area contributed by atoms with Crippen LogP contribution in [-0.4, -0.2) is 27.4 Å². The Bertz CT molecular complexity index is 245. The van der Waals surface area contributed by atoms with Crippen molar-refractivity contribution in [2.45, 2.75) is 52.5 Å². The van der Waals surface area contributed by atoms with Gasteiger partial charge in [0.2, 0.25) is 0 Å². The van der Waals surface area contributed by atoms with Gasteiger partial charge in [0.15, 0.2) is 6.29 Å². The van der Waals surface area contributed by atoms with Crippen molar-refractivity contribution in [3.63, 3.8) is 0 Å². The fourth-order valence-corrected chi connectivity index (χ4v) is 4.24. The van der Waals surface area contributed by atoms with E-state index in [9.17, 15) is 4.79 Å². The van der Waals surface area contributed by atoms with Crippen LogP contribution in [0.2, 0.25) is 12.6 Å². The van der Waals surface area contributed by atoms with Crippen LogP contribution < -0.4 is 0 Å². The zero-order chi connectivity index (χ0) is 13.3. The van der Waals surface area contributed by atoms with E-state index < -0.39 is 20.8 Å². The Morgan fingerprint density at radius 2 is 2.12 bits per heavy atom. The van der Waals surface area contributed by atoms with Crippen LogP contribution in [0.5, 0.6) is 0 Å². The summed E-state index contributed by atoms with van der Waals surface area (Å²) in [5.74, 6) is -0.471. The summed E-state index contributed by atoms with van der Waals surface area (Å²) in [6, 6.07) is 0.910. The first kappa shape index (κ1) is 16.3. The van der Waals surface area contributed by atoms with Crippen molar-refractivity contribution in [3.8, 4) is 0 Å².